The second kappa shape index (κ2) is 7.33. The largest absolute Gasteiger partial charge is 0.463 e. The molecule has 0 unspecified atom stereocenters. The number of alkyl halides is 2. The monoisotopic (exact) mass is 262 g/mol. The van der Waals surface area contributed by atoms with Crippen molar-refractivity contribution in [2.24, 2.45) is 0 Å². The van der Waals surface area contributed by atoms with Crippen LogP contribution in [-0.2, 0) is 28.4 Å². The number of rotatable bonds is 7. The lowest BCUT2D eigenvalue weighted by atomic mass is 10.6. The minimum Gasteiger partial charge on any atom is -0.463 e. The van der Waals surface area contributed by atoms with Crippen molar-refractivity contribution in [1.82, 2.24) is 0 Å². The molecule has 0 heterocycles. The zero-order chi connectivity index (χ0) is 12.6. The number of halogens is 2. The van der Waals surface area contributed by atoms with E-state index in [1.54, 1.807) is 0 Å². The summed E-state index contributed by atoms with van der Waals surface area (Å²) in [5.41, 5.74) is 0. The maximum Gasteiger partial charge on any atom is 0.415 e. The zero-order valence-electron chi connectivity index (χ0n) is 7.98. The number of carbonyl (C=O) groups is 2. The van der Waals surface area contributed by atoms with Crippen LogP contribution < -0.4 is 0 Å². The fourth-order valence-corrected chi connectivity index (χ4v) is 0.746. The highest BCUT2D eigenvalue weighted by atomic mass is 32.2. The van der Waals surface area contributed by atoms with E-state index in [2.05, 4.69) is 18.8 Å². The van der Waals surface area contributed by atoms with Crippen molar-refractivity contribution < 1.29 is 42.5 Å². The molecule has 0 aliphatic heterocycles. The third kappa shape index (κ3) is 5.80. The van der Waals surface area contributed by atoms with Crippen LogP contribution in [0.15, 0.2) is 0 Å². The molecule has 0 aromatic rings. The van der Waals surface area contributed by atoms with Gasteiger partial charge in [-0.2, -0.15) is 8.78 Å². The summed E-state index contributed by atoms with van der Waals surface area (Å²) in [7, 11) is 0. The van der Waals surface area contributed by atoms with Crippen molar-refractivity contribution in [3.8, 4) is 0 Å². The average molecular weight is 262 g/mol. The molecule has 1 N–H and O–H groups in total. The minimum atomic E-state index is -4.12. The molecule has 10 heteroatoms. The minimum absolute atomic E-state index is 0.0307. The van der Waals surface area contributed by atoms with Gasteiger partial charge >= 0.3 is 17.2 Å². The molecule has 0 aliphatic rings. The standard InChI is InChI=1S/C6H8F2O7S/c1-2-12-4(9)3-13-5(10)6(7,8)16-15-14-11/h11H,2-3H2,1H3. The molecule has 16 heavy (non-hydrogen) atoms. The molecule has 0 aliphatic carbocycles. The number of hydrogen-bond donors (Lipinski definition) is 1. The molecule has 0 radical (unpaired) electrons. The first kappa shape index (κ1) is 15.0. The number of hydrogen-bond acceptors (Lipinski definition) is 8. The SMILES string of the molecule is CCOC(=O)COC(=O)C(F)(F)SOOO. The second-order valence-electron chi connectivity index (χ2n) is 2.12. The highest BCUT2D eigenvalue weighted by Gasteiger charge is 2.44. The lowest BCUT2D eigenvalue weighted by Crippen LogP contribution is -2.29. The van der Waals surface area contributed by atoms with Crippen molar-refractivity contribution in [3.05, 3.63) is 0 Å². The first-order chi connectivity index (χ1) is 7.44. The molecular weight excluding hydrogens is 254 g/mol. The van der Waals surface area contributed by atoms with Crippen molar-refractivity contribution in [3.63, 3.8) is 0 Å². The van der Waals surface area contributed by atoms with Crippen molar-refractivity contribution >= 4 is 24.0 Å². The summed E-state index contributed by atoms with van der Waals surface area (Å²) in [6, 6.07) is 0. The Bertz CT molecular complexity index is 247. The van der Waals surface area contributed by atoms with Crippen LogP contribution >= 0.6 is 12.0 Å². The number of carbonyl (C=O) groups excluding carboxylic acids is 2. The Labute approximate surface area is 92.7 Å². The fourth-order valence-electron chi connectivity index (χ4n) is 0.503. The van der Waals surface area contributed by atoms with Gasteiger partial charge in [0.25, 0.3) is 0 Å². The summed E-state index contributed by atoms with van der Waals surface area (Å²) in [6.07, 6.45) is 0. The van der Waals surface area contributed by atoms with Crippen LogP contribution in [0.5, 0.6) is 0 Å². The second-order valence-corrected chi connectivity index (χ2v) is 2.94. The molecule has 0 saturated heterocycles. The van der Waals surface area contributed by atoms with Crippen LogP contribution in [0.25, 0.3) is 0 Å². The maximum atomic E-state index is 12.7. The van der Waals surface area contributed by atoms with Gasteiger partial charge in [-0.1, -0.05) is 5.04 Å². The lowest BCUT2D eigenvalue weighted by Gasteiger charge is -2.11. The predicted octanol–water partition coefficient (Wildman–Crippen LogP) is 0.755. The smallest absolute Gasteiger partial charge is 0.415 e. The lowest BCUT2D eigenvalue weighted by molar-refractivity contribution is -0.433. The van der Waals surface area contributed by atoms with Gasteiger partial charge in [-0.25, -0.2) is 14.8 Å². The van der Waals surface area contributed by atoms with Gasteiger partial charge in [0.2, 0.25) is 0 Å². The van der Waals surface area contributed by atoms with E-state index in [0.717, 1.165) is 0 Å². The molecule has 94 valence electrons. The van der Waals surface area contributed by atoms with E-state index in [0.29, 0.717) is 0 Å². The molecule has 0 saturated carbocycles. The van der Waals surface area contributed by atoms with Gasteiger partial charge < -0.3 is 9.47 Å². The van der Waals surface area contributed by atoms with E-state index in [1.807, 2.05) is 0 Å². The Morgan fingerprint density at radius 2 is 2.00 bits per heavy atom. The van der Waals surface area contributed by atoms with E-state index in [9.17, 15) is 18.4 Å². The van der Waals surface area contributed by atoms with Gasteiger partial charge in [0.15, 0.2) is 6.61 Å². The zero-order valence-corrected chi connectivity index (χ0v) is 8.79. The third-order valence-electron chi connectivity index (χ3n) is 1.03. The van der Waals surface area contributed by atoms with E-state index in [-0.39, 0.29) is 6.61 Å². The van der Waals surface area contributed by atoms with Gasteiger partial charge in [0.1, 0.15) is 12.0 Å². The first-order valence-corrected chi connectivity index (χ1v) is 4.54. The van der Waals surface area contributed by atoms with Crippen molar-refractivity contribution in [2.75, 3.05) is 13.2 Å². The Kier molecular flexibility index (Phi) is 6.88. The molecule has 0 aromatic carbocycles. The number of esters is 2. The quantitative estimate of drug-likeness (QED) is 0.311. The fraction of sp³-hybridized carbons (Fsp3) is 0.667. The van der Waals surface area contributed by atoms with Gasteiger partial charge in [-0.15, -0.1) is 4.33 Å². The van der Waals surface area contributed by atoms with E-state index >= 15 is 0 Å². The average Bonchev–Trinajstić information content (AvgIpc) is 2.23. The Morgan fingerprint density at radius 3 is 2.50 bits per heavy atom. The normalized spacial score (nSPS) is 11.0. The Hall–Kier alpha value is -0.970. The summed E-state index contributed by atoms with van der Waals surface area (Å²) in [4.78, 5) is 21.3. The Balaban J connectivity index is 3.99. The summed E-state index contributed by atoms with van der Waals surface area (Å²) < 4.78 is 36.9. The van der Waals surface area contributed by atoms with Crippen LogP contribution in [0.4, 0.5) is 8.78 Å². The molecular formula is C6H8F2O7S. The highest BCUT2D eigenvalue weighted by Crippen LogP contribution is 2.31. The Morgan fingerprint density at radius 1 is 1.38 bits per heavy atom. The summed E-state index contributed by atoms with van der Waals surface area (Å²) >= 11 is -0.780. The topological polar surface area (TPSA) is 91.3 Å². The van der Waals surface area contributed by atoms with E-state index < -0.39 is 35.8 Å². The van der Waals surface area contributed by atoms with Crippen LogP contribution in [0, 0.1) is 0 Å². The van der Waals surface area contributed by atoms with Gasteiger partial charge in [-0.05, 0) is 6.92 Å². The molecule has 7 nitrogen and oxygen atoms in total. The summed E-state index contributed by atoms with van der Waals surface area (Å²) in [6.45, 7) is 0.586. The maximum absolute atomic E-state index is 12.7. The molecule has 0 spiro atoms. The van der Waals surface area contributed by atoms with Crippen LogP contribution in [0.1, 0.15) is 6.92 Å². The first-order valence-electron chi connectivity index (χ1n) is 3.80. The van der Waals surface area contributed by atoms with Gasteiger partial charge in [-0.3, -0.25) is 0 Å². The summed E-state index contributed by atoms with van der Waals surface area (Å²) in [5, 5.41) is 6.36. The van der Waals surface area contributed by atoms with Crippen molar-refractivity contribution in [1.29, 1.82) is 0 Å². The summed E-state index contributed by atoms with van der Waals surface area (Å²) in [5.74, 6) is -2.99. The molecule has 0 bridgehead atoms. The number of ether oxygens (including phenoxy) is 2. The van der Waals surface area contributed by atoms with Crippen LogP contribution in [0.3, 0.4) is 0 Å². The third-order valence-corrected chi connectivity index (χ3v) is 1.54. The van der Waals surface area contributed by atoms with Crippen LogP contribution in [-0.4, -0.2) is 35.7 Å². The molecule has 0 rings (SSSR count). The molecule has 0 atom stereocenters. The van der Waals surface area contributed by atoms with Gasteiger partial charge in [0.05, 0.1) is 6.61 Å². The van der Waals surface area contributed by atoms with Gasteiger partial charge in [0, 0.05) is 0 Å². The molecule has 0 aromatic heterocycles. The highest BCUT2D eigenvalue weighted by molar-refractivity contribution is 7.96. The molecule has 0 amide bonds. The van der Waals surface area contributed by atoms with E-state index in [4.69, 9.17) is 5.26 Å². The van der Waals surface area contributed by atoms with Crippen molar-refractivity contribution in [2.45, 2.75) is 12.2 Å². The van der Waals surface area contributed by atoms with E-state index in [1.165, 1.54) is 6.92 Å². The molecule has 0 fully saturated rings. The van der Waals surface area contributed by atoms with Crippen LogP contribution in [0.2, 0.25) is 0 Å². The predicted molar refractivity (Wildman–Crippen MR) is 44.9 cm³/mol.